The lowest BCUT2D eigenvalue weighted by molar-refractivity contribution is 0.638. The average molecular weight is 319 g/mol. The Morgan fingerprint density at radius 2 is 2.24 bits per heavy atom. The van der Waals surface area contributed by atoms with Gasteiger partial charge in [-0.25, -0.2) is 15.0 Å². The van der Waals surface area contributed by atoms with Crippen molar-refractivity contribution in [1.29, 1.82) is 0 Å². The van der Waals surface area contributed by atoms with Gasteiger partial charge in [0.1, 0.15) is 16.9 Å². The van der Waals surface area contributed by atoms with Crippen molar-refractivity contribution < 1.29 is 0 Å². The fraction of sp³-hybridized carbons (Fsp3) is 0.357. The van der Waals surface area contributed by atoms with E-state index in [1.54, 1.807) is 35.8 Å². The van der Waals surface area contributed by atoms with Gasteiger partial charge in [0.05, 0.1) is 11.6 Å². The van der Waals surface area contributed by atoms with Crippen LogP contribution in [0.4, 0.5) is 0 Å². The predicted octanol–water partition coefficient (Wildman–Crippen LogP) is 3.29. The second-order valence-electron chi connectivity index (χ2n) is 4.86. The molecule has 0 saturated carbocycles. The van der Waals surface area contributed by atoms with Crippen LogP contribution in [0.1, 0.15) is 29.0 Å². The van der Waals surface area contributed by atoms with Gasteiger partial charge >= 0.3 is 0 Å². The molecular weight excluding hydrogens is 302 g/mol. The van der Waals surface area contributed by atoms with Gasteiger partial charge < -0.3 is 10.7 Å². The zero-order chi connectivity index (χ0) is 14.8. The third-order valence-corrected chi connectivity index (χ3v) is 6.07. The summed E-state index contributed by atoms with van der Waals surface area (Å²) in [5.74, 6) is 0. The van der Waals surface area contributed by atoms with Gasteiger partial charge in [-0.05, 0) is 30.4 Å². The molecule has 0 spiro atoms. The molecule has 2 unspecified atom stereocenters. The molecule has 0 aliphatic heterocycles. The molecule has 3 rings (SSSR count). The van der Waals surface area contributed by atoms with Crippen molar-refractivity contribution in [3.63, 3.8) is 0 Å². The van der Waals surface area contributed by atoms with Crippen LogP contribution in [0.3, 0.4) is 0 Å². The van der Waals surface area contributed by atoms with Gasteiger partial charge in [-0.3, -0.25) is 0 Å². The molecule has 0 aliphatic rings. The average Bonchev–Trinajstić information content (AvgIpc) is 3.13. The number of fused-ring (bicyclic) bond motifs is 1. The molecule has 0 bridgehead atoms. The Labute approximate surface area is 131 Å². The van der Waals surface area contributed by atoms with Gasteiger partial charge in [-0.2, -0.15) is 0 Å². The lowest BCUT2D eigenvalue weighted by atomic mass is 10.1. The normalized spacial score (nSPS) is 14.4. The van der Waals surface area contributed by atoms with Crippen molar-refractivity contribution >= 4 is 34.3 Å². The molecule has 3 heterocycles. The number of hydrogen-bond acceptors (Lipinski definition) is 6. The maximum absolute atomic E-state index is 6.36. The molecule has 0 saturated heterocycles. The summed E-state index contributed by atoms with van der Waals surface area (Å²) in [5, 5.41) is 3.21. The number of aromatic amines is 1. The van der Waals surface area contributed by atoms with E-state index in [4.69, 9.17) is 5.73 Å². The first-order chi connectivity index (χ1) is 10.2. The van der Waals surface area contributed by atoms with Crippen LogP contribution >= 0.6 is 23.1 Å². The van der Waals surface area contributed by atoms with Gasteiger partial charge in [0, 0.05) is 10.9 Å². The summed E-state index contributed by atoms with van der Waals surface area (Å²) in [6.07, 6.45) is 4.13. The standard InChI is InChI=1S/C14H17N5S2/c1-3-9(15)12(11-8(2)4-5-20-11)21-14-10-13(17-6-16-10)18-7-19-14/h4-7,9,12H,3,15H2,1-2H3,(H,16,17,18,19). The highest BCUT2D eigenvalue weighted by molar-refractivity contribution is 7.99. The molecule has 0 amide bonds. The number of aromatic nitrogens is 4. The zero-order valence-corrected chi connectivity index (χ0v) is 13.5. The second kappa shape index (κ2) is 6.13. The monoisotopic (exact) mass is 319 g/mol. The Morgan fingerprint density at radius 1 is 1.38 bits per heavy atom. The van der Waals surface area contributed by atoms with Crippen LogP contribution in [-0.4, -0.2) is 26.0 Å². The first-order valence-electron chi connectivity index (χ1n) is 6.81. The first-order valence-corrected chi connectivity index (χ1v) is 8.57. The van der Waals surface area contributed by atoms with Crippen LogP contribution in [0.25, 0.3) is 11.2 Å². The summed E-state index contributed by atoms with van der Waals surface area (Å²) in [5.41, 5.74) is 9.22. The van der Waals surface area contributed by atoms with E-state index in [1.807, 2.05) is 0 Å². The number of H-pyrrole nitrogens is 1. The maximum atomic E-state index is 6.36. The van der Waals surface area contributed by atoms with Crippen LogP contribution < -0.4 is 5.73 Å². The van der Waals surface area contributed by atoms with Gasteiger partial charge in [0.25, 0.3) is 0 Å². The maximum Gasteiger partial charge on any atom is 0.181 e. The topological polar surface area (TPSA) is 80.5 Å². The summed E-state index contributed by atoms with van der Waals surface area (Å²) < 4.78 is 0. The van der Waals surface area contributed by atoms with E-state index in [9.17, 15) is 0 Å². The van der Waals surface area contributed by atoms with Crippen molar-refractivity contribution in [3.05, 3.63) is 34.5 Å². The molecule has 7 heteroatoms. The van der Waals surface area contributed by atoms with Crippen LogP contribution in [0.15, 0.2) is 29.1 Å². The first kappa shape index (κ1) is 14.5. The number of hydrogen-bond donors (Lipinski definition) is 2. The molecule has 5 nitrogen and oxygen atoms in total. The summed E-state index contributed by atoms with van der Waals surface area (Å²) >= 11 is 3.45. The number of nitrogens with zero attached hydrogens (tertiary/aromatic N) is 3. The lowest BCUT2D eigenvalue weighted by Gasteiger charge is -2.22. The Hall–Kier alpha value is -1.44. The lowest BCUT2D eigenvalue weighted by Crippen LogP contribution is -2.25. The number of aryl methyl sites for hydroxylation is 1. The van der Waals surface area contributed by atoms with Crippen LogP contribution in [0.5, 0.6) is 0 Å². The number of thioether (sulfide) groups is 1. The molecule has 0 aromatic carbocycles. The third kappa shape index (κ3) is 2.81. The van der Waals surface area contributed by atoms with E-state index in [0.717, 1.165) is 17.0 Å². The fourth-order valence-corrected chi connectivity index (χ4v) is 4.75. The number of nitrogens with two attached hydrogens (primary N) is 1. The summed E-state index contributed by atoms with van der Waals surface area (Å²) in [4.78, 5) is 17.2. The molecule has 3 aromatic rings. The van der Waals surface area contributed by atoms with Crippen molar-refractivity contribution in [2.75, 3.05) is 0 Å². The number of nitrogens with one attached hydrogen (secondary N) is 1. The molecule has 0 aliphatic carbocycles. The molecule has 2 atom stereocenters. The minimum atomic E-state index is 0.0836. The van der Waals surface area contributed by atoms with Crippen molar-refractivity contribution in [2.24, 2.45) is 5.73 Å². The number of imidazole rings is 1. The Bertz CT molecular complexity index is 736. The Balaban J connectivity index is 1.99. The minimum Gasteiger partial charge on any atom is -0.341 e. The van der Waals surface area contributed by atoms with Crippen molar-refractivity contribution in [3.8, 4) is 0 Å². The van der Waals surface area contributed by atoms with E-state index in [0.29, 0.717) is 5.65 Å². The van der Waals surface area contributed by atoms with Gasteiger partial charge in [0.2, 0.25) is 0 Å². The largest absolute Gasteiger partial charge is 0.341 e. The molecule has 110 valence electrons. The third-order valence-electron chi connectivity index (χ3n) is 3.45. The number of thiophene rings is 1. The van der Waals surface area contributed by atoms with Crippen molar-refractivity contribution in [1.82, 2.24) is 19.9 Å². The van der Waals surface area contributed by atoms with E-state index in [-0.39, 0.29) is 11.3 Å². The Morgan fingerprint density at radius 3 is 2.95 bits per heavy atom. The number of rotatable bonds is 5. The molecule has 0 fully saturated rings. The van der Waals surface area contributed by atoms with E-state index >= 15 is 0 Å². The van der Waals surface area contributed by atoms with E-state index in [1.165, 1.54) is 10.4 Å². The minimum absolute atomic E-state index is 0.0836. The van der Waals surface area contributed by atoms with Crippen LogP contribution in [0.2, 0.25) is 0 Å². The summed E-state index contributed by atoms with van der Waals surface area (Å²) in [6.45, 7) is 4.25. The molecule has 21 heavy (non-hydrogen) atoms. The second-order valence-corrected chi connectivity index (χ2v) is 6.94. The van der Waals surface area contributed by atoms with Gasteiger partial charge in [-0.1, -0.05) is 18.7 Å². The SMILES string of the molecule is CCC(N)C(Sc1ncnc2nc[nH]c12)c1sccc1C. The van der Waals surface area contributed by atoms with Crippen LogP contribution in [-0.2, 0) is 0 Å². The van der Waals surface area contributed by atoms with E-state index < -0.39 is 0 Å². The smallest absolute Gasteiger partial charge is 0.181 e. The molecular formula is C14H17N5S2. The highest BCUT2D eigenvalue weighted by Gasteiger charge is 2.24. The van der Waals surface area contributed by atoms with Crippen molar-refractivity contribution in [2.45, 2.75) is 36.6 Å². The fourth-order valence-electron chi connectivity index (χ4n) is 2.18. The molecule has 0 radical (unpaired) electrons. The summed E-state index contributed by atoms with van der Waals surface area (Å²) in [6, 6.07) is 2.22. The quantitative estimate of drug-likeness (QED) is 0.557. The Kier molecular flexibility index (Phi) is 4.23. The van der Waals surface area contributed by atoms with E-state index in [2.05, 4.69) is 45.2 Å². The summed E-state index contributed by atoms with van der Waals surface area (Å²) in [7, 11) is 0. The van der Waals surface area contributed by atoms with Crippen LogP contribution in [0, 0.1) is 6.92 Å². The molecule has 3 N–H and O–H groups in total. The van der Waals surface area contributed by atoms with Gasteiger partial charge in [0.15, 0.2) is 5.65 Å². The highest BCUT2D eigenvalue weighted by Crippen LogP contribution is 2.42. The predicted molar refractivity (Wildman–Crippen MR) is 87.6 cm³/mol. The van der Waals surface area contributed by atoms with Gasteiger partial charge in [-0.15, -0.1) is 11.3 Å². The highest BCUT2D eigenvalue weighted by atomic mass is 32.2. The zero-order valence-electron chi connectivity index (χ0n) is 11.9. The molecule has 3 aromatic heterocycles.